The molecule has 2 unspecified atom stereocenters. The summed E-state index contributed by atoms with van der Waals surface area (Å²) in [6.45, 7) is 4.28. The van der Waals surface area contributed by atoms with Gasteiger partial charge in [0.05, 0.1) is 5.69 Å². The fourth-order valence-electron chi connectivity index (χ4n) is 4.22. The van der Waals surface area contributed by atoms with E-state index in [4.69, 9.17) is 5.73 Å². The quantitative estimate of drug-likeness (QED) is 0.644. The number of carbonyl (C=O) groups excluding carboxylic acids is 1. The summed E-state index contributed by atoms with van der Waals surface area (Å²) in [4.78, 5) is 20.3. The first-order valence-electron chi connectivity index (χ1n) is 9.09. The van der Waals surface area contributed by atoms with Gasteiger partial charge in [0, 0.05) is 34.2 Å². The van der Waals surface area contributed by atoms with Crippen molar-refractivity contribution in [3.05, 3.63) is 22.4 Å². The molecule has 2 saturated carbocycles. The first kappa shape index (κ1) is 19.6. The van der Waals surface area contributed by atoms with Gasteiger partial charge in [-0.15, -0.1) is 12.4 Å². The van der Waals surface area contributed by atoms with Crippen LogP contribution in [-0.2, 0) is 4.79 Å². The van der Waals surface area contributed by atoms with E-state index in [0.29, 0.717) is 5.92 Å². The van der Waals surface area contributed by atoms with Crippen LogP contribution >= 0.6 is 28.3 Å². The molecule has 4 N–H and O–H groups in total. The molecule has 26 heavy (non-hydrogen) atoms. The van der Waals surface area contributed by atoms with Crippen LogP contribution in [0, 0.1) is 11.3 Å². The third-order valence-electron chi connectivity index (χ3n) is 5.90. The molecule has 0 spiro atoms. The smallest absolute Gasteiger partial charge is 0.228 e. The van der Waals surface area contributed by atoms with Gasteiger partial charge in [0.2, 0.25) is 5.91 Å². The third-order valence-corrected chi connectivity index (χ3v) is 6.54. The standard InChI is InChI=1S/C19H25BrN4O.ClH/c1-19(2)7-12(19)18(25)24-14-9-23-17-16(14)15(13(20)8-22-17)10-4-3-5-11(21)6-10;/h8-12H,3-7,21H2,1-2H3,(H,22,23)(H,24,25);1H/t10?,11-,12?;/m1./s1. The average molecular weight is 442 g/mol. The van der Waals surface area contributed by atoms with Gasteiger partial charge < -0.3 is 16.0 Å². The highest BCUT2D eigenvalue weighted by Crippen LogP contribution is 2.52. The van der Waals surface area contributed by atoms with Crippen LogP contribution in [0.25, 0.3) is 11.0 Å². The van der Waals surface area contributed by atoms with Crippen LogP contribution in [0.4, 0.5) is 5.69 Å². The molecule has 0 aliphatic heterocycles. The summed E-state index contributed by atoms with van der Waals surface area (Å²) in [5.41, 5.74) is 9.23. The van der Waals surface area contributed by atoms with E-state index in [-0.39, 0.29) is 35.7 Å². The summed E-state index contributed by atoms with van der Waals surface area (Å²) < 4.78 is 1.00. The number of nitrogens with zero attached hydrogens (tertiary/aromatic N) is 1. The lowest BCUT2D eigenvalue weighted by Crippen LogP contribution is -2.27. The molecule has 0 bridgehead atoms. The van der Waals surface area contributed by atoms with E-state index in [0.717, 1.165) is 53.3 Å². The number of hydrogen-bond acceptors (Lipinski definition) is 3. The number of carbonyl (C=O) groups is 1. The highest BCUT2D eigenvalue weighted by Gasteiger charge is 2.50. The molecule has 0 radical (unpaired) electrons. The molecule has 2 aromatic heterocycles. The van der Waals surface area contributed by atoms with Gasteiger partial charge in [0.25, 0.3) is 0 Å². The molecule has 7 heteroatoms. The first-order chi connectivity index (χ1) is 11.9. The van der Waals surface area contributed by atoms with Crippen LogP contribution in [-0.4, -0.2) is 21.9 Å². The fraction of sp³-hybridized carbons (Fsp3) is 0.579. The van der Waals surface area contributed by atoms with Gasteiger partial charge in [-0.05, 0) is 58.5 Å². The molecule has 2 aliphatic carbocycles. The zero-order chi connectivity index (χ0) is 17.8. The van der Waals surface area contributed by atoms with Gasteiger partial charge in [-0.1, -0.05) is 20.3 Å². The Bertz CT molecular complexity index is 834. The van der Waals surface area contributed by atoms with Crippen molar-refractivity contribution in [3.63, 3.8) is 0 Å². The Hall–Kier alpha value is -1.11. The van der Waals surface area contributed by atoms with Crippen molar-refractivity contribution in [1.29, 1.82) is 0 Å². The minimum Gasteiger partial charge on any atom is -0.344 e. The molecule has 142 valence electrons. The van der Waals surface area contributed by atoms with Gasteiger partial charge in [0.1, 0.15) is 5.65 Å². The van der Waals surface area contributed by atoms with Gasteiger partial charge in [-0.2, -0.15) is 0 Å². The van der Waals surface area contributed by atoms with Crippen LogP contribution < -0.4 is 11.1 Å². The molecule has 3 atom stereocenters. The van der Waals surface area contributed by atoms with Crippen LogP contribution in [0.15, 0.2) is 16.9 Å². The molecule has 0 saturated heterocycles. The van der Waals surface area contributed by atoms with Crippen molar-refractivity contribution in [1.82, 2.24) is 9.97 Å². The van der Waals surface area contributed by atoms with E-state index >= 15 is 0 Å². The van der Waals surface area contributed by atoms with Crippen LogP contribution in [0.1, 0.15) is 57.4 Å². The maximum absolute atomic E-state index is 12.6. The van der Waals surface area contributed by atoms with Gasteiger partial charge in [-0.25, -0.2) is 4.98 Å². The highest BCUT2D eigenvalue weighted by molar-refractivity contribution is 9.10. The predicted molar refractivity (Wildman–Crippen MR) is 111 cm³/mol. The minimum absolute atomic E-state index is 0. The molecule has 2 aromatic rings. The third kappa shape index (κ3) is 3.51. The Morgan fingerprint density at radius 1 is 1.42 bits per heavy atom. The van der Waals surface area contributed by atoms with E-state index in [1.54, 1.807) is 0 Å². The van der Waals surface area contributed by atoms with Crippen LogP contribution in [0.5, 0.6) is 0 Å². The number of halogens is 2. The van der Waals surface area contributed by atoms with E-state index in [2.05, 4.69) is 45.1 Å². The summed E-state index contributed by atoms with van der Waals surface area (Å²) in [6.07, 6.45) is 9.01. The second-order valence-corrected chi connectivity index (χ2v) is 9.16. The molecule has 2 fully saturated rings. The van der Waals surface area contributed by atoms with Gasteiger partial charge in [-0.3, -0.25) is 4.79 Å². The summed E-state index contributed by atoms with van der Waals surface area (Å²) in [5, 5.41) is 4.17. The van der Waals surface area contributed by atoms with Crippen molar-refractivity contribution in [2.75, 3.05) is 5.32 Å². The van der Waals surface area contributed by atoms with Crippen molar-refractivity contribution in [2.45, 2.75) is 57.9 Å². The van der Waals surface area contributed by atoms with Crippen molar-refractivity contribution >= 4 is 51.0 Å². The molecule has 4 rings (SSSR count). The molecule has 2 aliphatic rings. The largest absolute Gasteiger partial charge is 0.344 e. The molecular weight excluding hydrogens is 416 g/mol. The summed E-state index contributed by atoms with van der Waals surface area (Å²) >= 11 is 3.69. The normalized spacial score (nSPS) is 27.0. The van der Waals surface area contributed by atoms with E-state index in [1.165, 1.54) is 5.56 Å². The molecule has 5 nitrogen and oxygen atoms in total. The van der Waals surface area contributed by atoms with E-state index < -0.39 is 0 Å². The molecule has 0 aromatic carbocycles. The van der Waals surface area contributed by atoms with Crippen molar-refractivity contribution in [3.8, 4) is 0 Å². The zero-order valence-electron chi connectivity index (χ0n) is 15.1. The Morgan fingerprint density at radius 2 is 2.15 bits per heavy atom. The number of nitrogens with two attached hydrogens (primary N) is 1. The Labute approximate surface area is 168 Å². The number of anilines is 1. The number of nitrogens with one attached hydrogen (secondary N) is 2. The second-order valence-electron chi connectivity index (χ2n) is 8.30. The van der Waals surface area contributed by atoms with E-state index in [1.807, 2.05) is 12.4 Å². The number of H-pyrrole nitrogens is 1. The van der Waals surface area contributed by atoms with Gasteiger partial charge in [0.15, 0.2) is 0 Å². The SMILES string of the molecule is CC1(C)CC1C(=O)Nc1c[nH]c2ncc(Br)c(C3CCC[C@@H](N)C3)c12.Cl. The summed E-state index contributed by atoms with van der Waals surface area (Å²) in [7, 11) is 0. The highest BCUT2D eigenvalue weighted by atomic mass is 79.9. The average Bonchev–Trinajstić information content (AvgIpc) is 3.02. The second kappa shape index (κ2) is 7.13. The Kier molecular flexibility index (Phi) is 5.39. The molecular formula is C19H26BrClN4O. The lowest BCUT2D eigenvalue weighted by Gasteiger charge is -2.28. The Balaban J connectivity index is 0.00000196. The number of fused-ring (bicyclic) bond motifs is 1. The van der Waals surface area contributed by atoms with Crippen LogP contribution in [0.3, 0.4) is 0 Å². The van der Waals surface area contributed by atoms with E-state index in [9.17, 15) is 4.79 Å². The number of amides is 1. The Morgan fingerprint density at radius 3 is 2.81 bits per heavy atom. The number of aromatic nitrogens is 2. The minimum atomic E-state index is 0. The topological polar surface area (TPSA) is 83.8 Å². The van der Waals surface area contributed by atoms with Crippen molar-refractivity contribution in [2.24, 2.45) is 17.1 Å². The van der Waals surface area contributed by atoms with Crippen LogP contribution in [0.2, 0.25) is 0 Å². The maximum Gasteiger partial charge on any atom is 0.228 e. The monoisotopic (exact) mass is 440 g/mol. The zero-order valence-corrected chi connectivity index (χ0v) is 17.5. The number of aromatic amines is 1. The van der Waals surface area contributed by atoms with Crippen molar-refractivity contribution < 1.29 is 4.79 Å². The lowest BCUT2D eigenvalue weighted by molar-refractivity contribution is -0.117. The summed E-state index contributed by atoms with van der Waals surface area (Å²) in [5.74, 6) is 0.605. The maximum atomic E-state index is 12.6. The summed E-state index contributed by atoms with van der Waals surface area (Å²) in [6, 6.07) is 0.248. The molecule has 2 heterocycles. The predicted octanol–water partition coefficient (Wildman–Crippen LogP) is 4.72. The lowest BCUT2D eigenvalue weighted by atomic mass is 9.81. The number of hydrogen-bond donors (Lipinski definition) is 3. The fourth-order valence-corrected chi connectivity index (χ4v) is 4.84. The number of pyridine rings is 1. The van der Waals surface area contributed by atoms with Gasteiger partial charge >= 0.3 is 0 Å². The molecule has 1 amide bonds. The first-order valence-corrected chi connectivity index (χ1v) is 9.88. The number of rotatable bonds is 3.